The number of nitrogens with two attached hydrogens (primary N) is 2. The van der Waals surface area contributed by atoms with Crippen LogP contribution in [-0.2, 0) is 33.3 Å². The molecule has 129 heavy (non-hydrogen) atoms. The number of hydrogen-bond acceptors (Lipinski definition) is 27. The van der Waals surface area contributed by atoms with Crippen molar-refractivity contribution >= 4 is 65.4 Å². The predicted octanol–water partition coefficient (Wildman–Crippen LogP) is 15.0. The topological polar surface area (TPSA) is 435 Å². The number of benzene rings is 6. The maximum absolute atomic E-state index is 12.6. The fourth-order valence-corrected chi connectivity index (χ4v) is 12.3. The van der Waals surface area contributed by atoms with Gasteiger partial charge in [-0.1, -0.05) is 38.5 Å². The van der Waals surface area contributed by atoms with Crippen LogP contribution >= 0.6 is 12.4 Å². The number of anilines is 1. The summed E-state index contributed by atoms with van der Waals surface area (Å²) in [4.78, 5) is 90.6. The van der Waals surface area contributed by atoms with Crippen molar-refractivity contribution in [2.75, 3.05) is 81.1 Å². The molecule has 0 radical (unpaired) electrons. The van der Waals surface area contributed by atoms with Crippen molar-refractivity contribution in [1.29, 1.82) is 0 Å². The number of aliphatic hydroxyl groups is 1. The Balaban J connectivity index is 0.000000313. The third-order valence-electron chi connectivity index (χ3n) is 18.5. The first kappa shape index (κ1) is 108. The number of esters is 4. The standard InChI is InChI=1S/C18H23N3O2.3C14H16N2O3.C12H12N2O3.C7H10N2O.C7H10O4.C6H13N.C2H6O.ClH/c1-13-12-17(18(22)19-14-6-4-3-5-7-14)21(20-13)15-8-10-16(23-2)11-9-15;1-4-19-14(17)13-9-10(2)16(15-13)11-5-7-12(18-3)8-6-11;2*1-4-19-14(17)13-9-10(2)15-16(13)11-5-7-12(18-3)8-6-11;1-8-7-11(12(15)16)14(13-8)9-3-5-10(17-2)6-4-9;1-10-7-4-2-6(9-8)3-5-7;1-3-11-7(10)6(9)4-5(2)8;7-6-4-2-1-3-5-6;1-2-3;/h8-12,14H,3-7H2,1-2H3,(H,19,22);3*5-9H,4H2,1-3H3;3-7H,1-2H3,(H,15,16);2-5,9H,8H2,1H3;3-4H2,1-2H3;6H,1-5,7H2;3H,2H2,1H3;1H. The van der Waals surface area contributed by atoms with E-state index in [0.717, 1.165) is 98.6 Å². The predicted molar refractivity (Wildman–Crippen MR) is 492 cm³/mol. The highest BCUT2D eigenvalue weighted by Crippen LogP contribution is 2.26. The summed E-state index contributed by atoms with van der Waals surface area (Å²) in [6, 6.07) is 53.4. The van der Waals surface area contributed by atoms with E-state index < -0.39 is 23.7 Å². The van der Waals surface area contributed by atoms with Crippen LogP contribution in [0.2, 0.25) is 0 Å². The van der Waals surface area contributed by atoms with Crippen LogP contribution in [0.4, 0.5) is 5.69 Å². The number of ether oxygens (including phenoxy) is 10. The summed E-state index contributed by atoms with van der Waals surface area (Å²) >= 11 is 0. The van der Waals surface area contributed by atoms with Crippen LogP contribution in [0.3, 0.4) is 0 Å². The number of carbonyl (C=O) groups is 8. The smallest absolute Gasteiger partial charge is 0.375 e. The molecule has 8 N–H and O–H groups in total. The quantitative estimate of drug-likeness (QED) is 0.00773. The van der Waals surface area contributed by atoms with Crippen LogP contribution in [0.25, 0.3) is 28.4 Å². The van der Waals surface area contributed by atoms with E-state index in [1.165, 1.54) is 69.0 Å². The van der Waals surface area contributed by atoms with Gasteiger partial charge in [0.2, 0.25) is 5.78 Å². The van der Waals surface area contributed by atoms with Gasteiger partial charge >= 0.3 is 29.8 Å². The molecule has 0 unspecified atom stereocenters. The summed E-state index contributed by atoms with van der Waals surface area (Å²) in [5.41, 5.74) is 18.8. The molecule has 1 amide bonds. The highest BCUT2D eigenvalue weighted by atomic mass is 35.5. The van der Waals surface area contributed by atoms with Gasteiger partial charge in [0, 0.05) is 30.1 Å². The second-order valence-electron chi connectivity index (χ2n) is 28.3. The number of aliphatic hydroxyl groups excluding tert-OH is 1. The van der Waals surface area contributed by atoms with Crippen LogP contribution in [0.1, 0.15) is 193 Å². The lowest BCUT2D eigenvalue weighted by Gasteiger charge is -2.22. The second-order valence-corrected chi connectivity index (χ2v) is 28.3. The van der Waals surface area contributed by atoms with E-state index in [4.69, 9.17) is 64.4 Å². The zero-order chi connectivity index (χ0) is 94.2. The molecular formula is C94H123ClN14O20. The molecular weight excluding hydrogens is 1680 g/mol. The molecule has 696 valence electrons. The van der Waals surface area contributed by atoms with E-state index in [1.54, 1.807) is 145 Å². The van der Waals surface area contributed by atoms with Crippen molar-refractivity contribution in [2.45, 2.75) is 159 Å². The number of nitrogens with one attached hydrogen (secondary N) is 2. The fourth-order valence-electron chi connectivity index (χ4n) is 12.3. The Hall–Kier alpha value is -13.7. The Bertz CT molecular complexity index is 5080. The van der Waals surface area contributed by atoms with Crippen molar-refractivity contribution in [3.05, 3.63) is 233 Å². The molecule has 13 rings (SSSR count). The van der Waals surface area contributed by atoms with Gasteiger partial charge in [-0.25, -0.2) is 47.4 Å². The third-order valence-corrected chi connectivity index (χ3v) is 18.5. The number of hydrogen-bond donors (Lipinski definition) is 6. The number of nitrogen functional groups attached to an aromatic ring is 1. The Morgan fingerprint density at radius 1 is 0.403 bits per heavy atom. The number of hydrazine groups is 1. The van der Waals surface area contributed by atoms with Gasteiger partial charge in [0.15, 0.2) is 22.8 Å². The minimum absolute atomic E-state index is 0. The Labute approximate surface area is 759 Å². The second kappa shape index (κ2) is 57.8. The molecule has 5 aromatic heterocycles. The van der Waals surface area contributed by atoms with Crippen molar-refractivity contribution in [3.63, 3.8) is 0 Å². The first-order chi connectivity index (χ1) is 61.5. The number of methoxy groups -OCH3 is 6. The summed E-state index contributed by atoms with van der Waals surface area (Å²) in [6.45, 7) is 20.5. The maximum Gasteiger partial charge on any atom is 0.375 e. The number of rotatable bonds is 25. The molecule has 2 fully saturated rings. The zero-order valence-corrected chi connectivity index (χ0v) is 77.3. The molecule has 2 aliphatic rings. The van der Waals surface area contributed by atoms with E-state index in [9.17, 15) is 38.4 Å². The van der Waals surface area contributed by atoms with Gasteiger partial charge < -0.3 is 74.1 Å². The molecule has 0 spiro atoms. The molecule has 5 heterocycles. The molecule has 0 bridgehead atoms. The third kappa shape index (κ3) is 35.9. The molecule has 2 saturated carbocycles. The number of halogens is 1. The summed E-state index contributed by atoms with van der Waals surface area (Å²) in [6.07, 6.45) is 12.1. The van der Waals surface area contributed by atoms with Crippen LogP contribution in [-0.4, -0.2) is 194 Å². The van der Waals surface area contributed by atoms with Gasteiger partial charge in [-0.15, -0.1) is 12.4 Å². The number of carbonyl (C=O) groups excluding carboxylic acids is 7. The first-order valence-electron chi connectivity index (χ1n) is 41.8. The number of Topliss-reactive ketones (excluding diaryl/α,β-unsaturated/α-hetero) is 2. The minimum Gasteiger partial charge on any atom is -0.497 e. The van der Waals surface area contributed by atoms with Crippen molar-refractivity contribution in [3.8, 4) is 62.9 Å². The van der Waals surface area contributed by atoms with E-state index >= 15 is 0 Å². The van der Waals surface area contributed by atoms with Gasteiger partial charge in [-0.3, -0.25) is 20.2 Å². The number of aryl methyl sites for hydroxylation is 5. The summed E-state index contributed by atoms with van der Waals surface area (Å²) in [7, 11) is 9.68. The molecule has 35 heteroatoms. The lowest BCUT2D eigenvalue weighted by Crippen LogP contribution is -2.37. The lowest BCUT2D eigenvalue weighted by atomic mass is 9.95. The number of aromatic nitrogens is 10. The average molecular weight is 1800 g/mol. The Kier molecular flexibility index (Phi) is 48.2. The number of aromatic carboxylic acids is 1. The van der Waals surface area contributed by atoms with Crippen LogP contribution in [0, 0.1) is 34.6 Å². The number of nitrogens with zero attached hydrogens (tertiary/aromatic N) is 10. The minimum atomic E-state index is -0.999. The number of ketones is 2. The summed E-state index contributed by atoms with van der Waals surface area (Å²) in [5, 5.41) is 41.3. The molecule has 0 atom stereocenters. The fraction of sp³-hybridized carbons (Fsp3) is 0.372. The maximum atomic E-state index is 12.6. The largest absolute Gasteiger partial charge is 0.497 e. The molecule has 0 saturated heterocycles. The summed E-state index contributed by atoms with van der Waals surface area (Å²) < 4.78 is 57.8. The van der Waals surface area contributed by atoms with Crippen LogP contribution < -0.4 is 50.7 Å². The molecule has 2 aliphatic carbocycles. The van der Waals surface area contributed by atoms with Crippen LogP contribution in [0.5, 0.6) is 34.5 Å². The van der Waals surface area contributed by atoms with Gasteiger partial charge in [0.1, 0.15) is 46.0 Å². The van der Waals surface area contributed by atoms with E-state index in [1.807, 2.05) is 155 Å². The van der Waals surface area contributed by atoms with Gasteiger partial charge in [0.25, 0.3) is 5.91 Å². The van der Waals surface area contributed by atoms with Crippen molar-refractivity contribution < 1.29 is 95.9 Å². The highest BCUT2D eigenvalue weighted by Gasteiger charge is 2.24. The highest BCUT2D eigenvalue weighted by molar-refractivity contribution is 6.37. The average Bonchev–Trinajstić information content (AvgIpc) is 1.71. The molecule has 6 aromatic carbocycles. The summed E-state index contributed by atoms with van der Waals surface area (Å²) in [5.74, 6) is 5.53. The van der Waals surface area contributed by atoms with Crippen LogP contribution in [0.15, 0.2) is 176 Å². The normalized spacial score (nSPS) is 11.6. The zero-order valence-electron chi connectivity index (χ0n) is 76.5. The van der Waals surface area contributed by atoms with E-state index in [2.05, 4.69) is 41.0 Å². The molecule has 11 aromatic rings. The van der Waals surface area contributed by atoms with Gasteiger partial charge in [-0.2, -0.15) is 25.5 Å². The van der Waals surface area contributed by atoms with E-state index in [0.29, 0.717) is 60.0 Å². The first-order valence-corrected chi connectivity index (χ1v) is 41.8. The number of carboxylic acid groups (broad SMARTS) is 1. The molecule has 0 aliphatic heterocycles. The Morgan fingerprint density at radius 2 is 0.698 bits per heavy atom. The van der Waals surface area contributed by atoms with Gasteiger partial charge in [-0.05, 0) is 278 Å². The Morgan fingerprint density at radius 3 is 1.00 bits per heavy atom. The monoisotopic (exact) mass is 1800 g/mol. The SMILES string of the molecule is CCO.CCOC(=O)C(=O)CC(C)=O.CCOC(=O)c1cc(C)n(-c2ccc(OC)cc2)n1.CCOC(=O)c1cc(C)nn1-c1ccc(OC)cc1.CCOC(=O)c1cc(C)nn1-c1ccc(OC)cc1.COc1ccc(-n2nc(C)cc2C(=O)NC2CCCCC2)cc1.COc1ccc(-n2nc(C)cc2C(=O)O)cc1.COc1ccc(NN)cc1.Cl.NC1CCCCC1. The number of amides is 1. The van der Waals surface area contributed by atoms with Gasteiger partial charge in [0.05, 0.1) is 127 Å². The molecule has 34 nitrogen and oxygen atoms in total. The van der Waals surface area contributed by atoms with Crippen molar-refractivity contribution in [1.82, 2.24) is 54.2 Å². The van der Waals surface area contributed by atoms with Crippen molar-refractivity contribution in [2.24, 2.45) is 11.6 Å². The van der Waals surface area contributed by atoms with E-state index in [-0.39, 0.29) is 67.4 Å². The number of carboxylic acids is 1. The lowest BCUT2D eigenvalue weighted by molar-refractivity contribution is -0.154.